The fraction of sp³-hybridized carbons (Fsp3) is 0.143. The van der Waals surface area contributed by atoms with E-state index < -0.39 is 22.5 Å². The van der Waals surface area contributed by atoms with Crippen LogP contribution in [0.15, 0.2) is 79.6 Å². The van der Waals surface area contributed by atoms with E-state index in [2.05, 4.69) is 26.5 Å². The highest BCUT2D eigenvalue weighted by Crippen LogP contribution is 2.32. The van der Waals surface area contributed by atoms with Crippen molar-refractivity contribution in [1.82, 2.24) is 5.43 Å². The molecule has 2 aromatic carbocycles. The molecule has 0 bridgehead atoms. The van der Waals surface area contributed by atoms with Crippen molar-refractivity contribution in [2.24, 2.45) is 5.10 Å². The number of para-hydroxylation sites is 2. The molecule has 1 aromatic heterocycles. The van der Waals surface area contributed by atoms with Crippen LogP contribution < -0.4 is 14.5 Å². The number of benzene rings is 2. The van der Waals surface area contributed by atoms with Gasteiger partial charge >= 0.3 is 0 Å². The number of anilines is 1. The standard InChI is InChI=1S/C21H20BrN3O5S/c1-15-18(22)12-16(30-15)13-23-24-21(26)14-25(19-10-6-7-11-20(19)29-2)31(27,28)17-8-4-3-5-9-17/h3-13H,14H2,1-2H3,(H,24,26)/b23-13-. The number of hydrazone groups is 1. The van der Waals surface area contributed by atoms with Crippen LogP contribution in [0.3, 0.4) is 0 Å². The Bertz CT molecular complexity index is 1170. The number of carbonyl (C=O) groups excluding carboxylic acids is 1. The van der Waals surface area contributed by atoms with Gasteiger partial charge in [0.1, 0.15) is 23.8 Å². The number of ether oxygens (including phenoxy) is 1. The predicted molar refractivity (Wildman–Crippen MR) is 121 cm³/mol. The van der Waals surface area contributed by atoms with E-state index in [-0.39, 0.29) is 10.6 Å². The van der Waals surface area contributed by atoms with E-state index in [0.717, 1.165) is 8.78 Å². The van der Waals surface area contributed by atoms with Crippen LogP contribution in [0.5, 0.6) is 5.75 Å². The molecule has 3 rings (SSSR count). The number of sulfonamides is 1. The van der Waals surface area contributed by atoms with Crippen LogP contribution in [0.1, 0.15) is 11.5 Å². The number of rotatable bonds is 8. The summed E-state index contributed by atoms with van der Waals surface area (Å²) in [5.41, 5.74) is 2.56. The van der Waals surface area contributed by atoms with E-state index >= 15 is 0 Å². The maximum absolute atomic E-state index is 13.3. The summed E-state index contributed by atoms with van der Waals surface area (Å²) in [6.45, 7) is 1.27. The molecule has 0 saturated carbocycles. The van der Waals surface area contributed by atoms with Gasteiger partial charge in [0.25, 0.3) is 15.9 Å². The topological polar surface area (TPSA) is 101 Å². The maximum Gasteiger partial charge on any atom is 0.264 e. The van der Waals surface area contributed by atoms with Crippen molar-refractivity contribution < 1.29 is 22.4 Å². The first-order valence-corrected chi connectivity index (χ1v) is 11.3. The average Bonchev–Trinajstić information content (AvgIpc) is 3.09. The minimum absolute atomic E-state index is 0.0492. The van der Waals surface area contributed by atoms with Gasteiger partial charge in [0, 0.05) is 6.07 Å². The minimum Gasteiger partial charge on any atom is -0.495 e. The number of nitrogens with zero attached hydrogens (tertiary/aromatic N) is 2. The second-order valence-corrected chi connectivity index (χ2v) is 9.06. The first kappa shape index (κ1) is 22.6. The van der Waals surface area contributed by atoms with Crippen LogP contribution in [0.25, 0.3) is 0 Å². The van der Waals surface area contributed by atoms with Crippen molar-refractivity contribution in [2.45, 2.75) is 11.8 Å². The fourth-order valence-corrected chi connectivity index (χ4v) is 4.49. The summed E-state index contributed by atoms with van der Waals surface area (Å²) in [6.07, 6.45) is 1.33. The van der Waals surface area contributed by atoms with Gasteiger partial charge in [0.05, 0.1) is 28.4 Å². The lowest BCUT2D eigenvalue weighted by molar-refractivity contribution is -0.119. The van der Waals surface area contributed by atoms with Gasteiger partial charge in [-0.3, -0.25) is 9.10 Å². The second kappa shape index (κ2) is 9.80. The average molecular weight is 506 g/mol. The molecule has 0 radical (unpaired) electrons. The molecular formula is C21H20BrN3O5S. The van der Waals surface area contributed by atoms with Crippen molar-refractivity contribution in [2.75, 3.05) is 18.0 Å². The molecule has 3 aromatic rings. The molecule has 0 spiro atoms. The van der Waals surface area contributed by atoms with E-state index in [4.69, 9.17) is 9.15 Å². The molecule has 10 heteroatoms. The Morgan fingerprint density at radius 1 is 1.19 bits per heavy atom. The van der Waals surface area contributed by atoms with Crippen LogP contribution >= 0.6 is 15.9 Å². The summed E-state index contributed by atoms with van der Waals surface area (Å²) in [5.74, 6) is 0.783. The molecule has 0 aliphatic rings. The van der Waals surface area contributed by atoms with E-state index in [1.54, 1.807) is 55.5 Å². The predicted octanol–water partition coefficient (Wildman–Crippen LogP) is 3.70. The summed E-state index contributed by atoms with van der Waals surface area (Å²) in [6, 6.07) is 16.1. The number of amides is 1. The Balaban J connectivity index is 1.87. The second-order valence-electron chi connectivity index (χ2n) is 6.34. The summed E-state index contributed by atoms with van der Waals surface area (Å²) < 4.78 is 39.1. The Labute approximate surface area is 188 Å². The van der Waals surface area contributed by atoms with Crippen molar-refractivity contribution in [3.05, 3.63) is 76.7 Å². The molecule has 31 heavy (non-hydrogen) atoms. The number of methoxy groups -OCH3 is 1. The molecule has 0 fully saturated rings. The maximum atomic E-state index is 13.3. The third kappa shape index (κ3) is 5.33. The number of hydrogen-bond donors (Lipinski definition) is 1. The van der Waals surface area contributed by atoms with Crippen molar-refractivity contribution in [3.8, 4) is 5.75 Å². The number of aryl methyl sites for hydroxylation is 1. The summed E-state index contributed by atoms with van der Waals surface area (Å²) >= 11 is 3.33. The minimum atomic E-state index is -4.05. The molecule has 0 aliphatic carbocycles. The lowest BCUT2D eigenvalue weighted by Gasteiger charge is -2.25. The molecular weight excluding hydrogens is 486 g/mol. The van der Waals surface area contributed by atoms with Crippen LogP contribution in [0.4, 0.5) is 5.69 Å². The highest BCUT2D eigenvalue weighted by atomic mass is 79.9. The smallest absolute Gasteiger partial charge is 0.264 e. The van der Waals surface area contributed by atoms with E-state index in [0.29, 0.717) is 17.3 Å². The molecule has 0 atom stereocenters. The lowest BCUT2D eigenvalue weighted by atomic mass is 10.3. The van der Waals surface area contributed by atoms with Crippen molar-refractivity contribution in [1.29, 1.82) is 0 Å². The molecule has 1 heterocycles. The molecule has 1 N–H and O–H groups in total. The van der Waals surface area contributed by atoms with Gasteiger partial charge in [-0.2, -0.15) is 5.10 Å². The van der Waals surface area contributed by atoms with Gasteiger partial charge in [-0.25, -0.2) is 13.8 Å². The number of furan rings is 1. The van der Waals surface area contributed by atoms with Crippen molar-refractivity contribution in [3.63, 3.8) is 0 Å². The zero-order chi connectivity index (χ0) is 22.4. The van der Waals surface area contributed by atoms with E-state index in [1.807, 2.05) is 0 Å². The SMILES string of the molecule is COc1ccccc1N(CC(=O)N/N=C\c1cc(Br)c(C)o1)S(=O)(=O)c1ccccc1. The zero-order valence-corrected chi connectivity index (χ0v) is 19.2. The quantitative estimate of drug-likeness (QED) is 0.371. The zero-order valence-electron chi connectivity index (χ0n) is 16.8. The third-order valence-corrected chi connectivity index (χ3v) is 6.79. The third-order valence-electron chi connectivity index (χ3n) is 4.23. The Kier molecular flexibility index (Phi) is 7.13. The molecule has 0 saturated heterocycles. The van der Waals surface area contributed by atoms with Crippen LogP contribution in [-0.2, 0) is 14.8 Å². The van der Waals surface area contributed by atoms with Crippen molar-refractivity contribution >= 4 is 43.8 Å². The first-order valence-electron chi connectivity index (χ1n) is 9.11. The summed E-state index contributed by atoms with van der Waals surface area (Å²) in [5, 5.41) is 3.85. The van der Waals surface area contributed by atoms with Gasteiger partial charge in [-0.15, -0.1) is 0 Å². The Morgan fingerprint density at radius 2 is 1.87 bits per heavy atom. The Hall–Kier alpha value is -3.11. The van der Waals surface area contributed by atoms with Gasteiger partial charge in [0.15, 0.2) is 0 Å². The molecule has 162 valence electrons. The highest BCUT2D eigenvalue weighted by Gasteiger charge is 2.29. The fourth-order valence-electron chi connectivity index (χ4n) is 2.73. The largest absolute Gasteiger partial charge is 0.495 e. The van der Waals surface area contributed by atoms with E-state index in [1.165, 1.54) is 25.5 Å². The van der Waals surface area contributed by atoms with Crippen LogP contribution in [-0.4, -0.2) is 34.2 Å². The molecule has 8 nitrogen and oxygen atoms in total. The molecule has 0 unspecified atom stereocenters. The number of nitrogens with one attached hydrogen (secondary N) is 1. The summed E-state index contributed by atoms with van der Waals surface area (Å²) in [7, 11) is -2.61. The van der Waals surface area contributed by atoms with E-state index in [9.17, 15) is 13.2 Å². The number of hydrogen-bond acceptors (Lipinski definition) is 6. The highest BCUT2D eigenvalue weighted by molar-refractivity contribution is 9.10. The van der Waals surface area contributed by atoms with Crippen LogP contribution in [0.2, 0.25) is 0 Å². The number of carbonyl (C=O) groups is 1. The normalized spacial score (nSPS) is 11.5. The lowest BCUT2D eigenvalue weighted by Crippen LogP contribution is -2.39. The van der Waals surface area contributed by atoms with Gasteiger partial charge in [-0.05, 0) is 47.1 Å². The first-order chi connectivity index (χ1) is 14.8. The van der Waals surface area contributed by atoms with Gasteiger partial charge in [0.2, 0.25) is 0 Å². The van der Waals surface area contributed by atoms with Crippen LogP contribution in [0, 0.1) is 6.92 Å². The molecule has 0 aliphatic heterocycles. The van der Waals surface area contributed by atoms with Gasteiger partial charge < -0.3 is 9.15 Å². The van der Waals surface area contributed by atoms with Gasteiger partial charge in [-0.1, -0.05) is 30.3 Å². The Morgan fingerprint density at radius 3 is 2.52 bits per heavy atom. The summed E-state index contributed by atoms with van der Waals surface area (Å²) in [4.78, 5) is 12.6. The monoisotopic (exact) mass is 505 g/mol. The number of halogens is 1. The molecule has 1 amide bonds.